The predicted molar refractivity (Wildman–Crippen MR) is 38.7 cm³/mol. The molecule has 0 bridgehead atoms. The topological polar surface area (TPSA) is 41.1 Å². The summed E-state index contributed by atoms with van der Waals surface area (Å²) < 4.78 is 0. The van der Waals surface area contributed by atoms with Gasteiger partial charge in [-0.15, -0.1) is 0 Å². The fraction of sp³-hybridized carbons (Fsp3) is 0.800. The molecule has 0 aromatic heterocycles. The molecule has 1 rings (SSSR count). The number of carbonyl (C=O) groups is 1. The second-order valence-corrected chi connectivity index (χ2v) is 3.02. The molecule has 2 N–H and O–H groups in total. The zero-order chi connectivity index (χ0) is 6.53. The van der Waals surface area contributed by atoms with Crippen LogP contribution in [-0.4, -0.2) is 30.6 Å². The smallest absolute Gasteiger partial charge is 0.314 e. The molecule has 4 heteroatoms. The number of amides is 2. The Bertz CT molecular complexity index is 97.1. The molecule has 1 aliphatic heterocycles. The minimum Gasteiger partial charge on any atom is -0.337 e. The molecular weight excluding hydrogens is 136 g/mol. The quantitative estimate of drug-likeness (QED) is 0.506. The van der Waals surface area contributed by atoms with E-state index in [2.05, 4.69) is 10.6 Å². The van der Waals surface area contributed by atoms with Gasteiger partial charge >= 0.3 is 6.03 Å². The summed E-state index contributed by atoms with van der Waals surface area (Å²) in [6, 6.07) is -0.0321. The molecule has 0 aromatic carbocycles. The summed E-state index contributed by atoms with van der Waals surface area (Å²) in [7, 11) is 0. The number of hydrogen-bond donors (Lipinski definition) is 2. The maximum absolute atomic E-state index is 10.6. The first-order chi connectivity index (χ1) is 4.39. The van der Waals surface area contributed by atoms with Crippen molar-refractivity contribution in [3.05, 3.63) is 0 Å². The molecule has 1 aliphatic rings. The van der Waals surface area contributed by atoms with Gasteiger partial charge in [-0.1, -0.05) is 0 Å². The zero-order valence-electron chi connectivity index (χ0n) is 5.14. The molecule has 1 saturated heterocycles. The van der Waals surface area contributed by atoms with Crippen molar-refractivity contribution in [3.8, 4) is 0 Å². The van der Waals surface area contributed by atoms with Crippen molar-refractivity contribution in [2.75, 3.05) is 24.6 Å². The van der Waals surface area contributed by atoms with E-state index in [-0.39, 0.29) is 6.03 Å². The molecule has 9 heavy (non-hydrogen) atoms. The van der Waals surface area contributed by atoms with Crippen molar-refractivity contribution in [1.29, 1.82) is 0 Å². The molecule has 0 saturated carbocycles. The van der Waals surface area contributed by atoms with Crippen molar-refractivity contribution >= 4 is 17.8 Å². The van der Waals surface area contributed by atoms with Gasteiger partial charge < -0.3 is 10.6 Å². The monoisotopic (exact) mass is 146 g/mol. The van der Waals surface area contributed by atoms with Crippen LogP contribution in [0.5, 0.6) is 0 Å². The fourth-order valence-electron chi connectivity index (χ4n) is 0.638. The lowest BCUT2D eigenvalue weighted by Crippen LogP contribution is -2.39. The molecule has 0 radical (unpaired) electrons. The molecule has 3 nitrogen and oxygen atoms in total. The van der Waals surface area contributed by atoms with Gasteiger partial charge in [0.15, 0.2) is 0 Å². The predicted octanol–water partition coefficient (Wildman–Crippen LogP) is 0.0324. The second kappa shape index (κ2) is 3.61. The second-order valence-electron chi connectivity index (χ2n) is 1.80. The van der Waals surface area contributed by atoms with Crippen LogP contribution in [0.1, 0.15) is 0 Å². The first-order valence-corrected chi connectivity index (χ1v) is 4.14. The van der Waals surface area contributed by atoms with Gasteiger partial charge in [-0.05, 0) is 0 Å². The van der Waals surface area contributed by atoms with Gasteiger partial charge in [0.25, 0.3) is 0 Å². The Balaban J connectivity index is 2.20. The Morgan fingerprint density at radius 1 is 1.22 bits per heavy atom. The molecule has 1 fully saturated rings. The van der Waals surface area contributed by atoms with E-state index < -0.39 is 0 Å². The summed E-state index contributed by atoms with van der Waals surface area (Å²) in [4.78, 5) is 10.6. The first-order valence-electron chi connectivity index (χ1n) is 2.99. The lowest BCUT2D eigenvalue weighted by atomic mass is 10.7. The van der Waals surface area contributed by atoms with E-state index in [9.17, 15) is 4.79 Å². The average Bonchev–Trinajstić information content (AvgIpc) is 1.79. The van der Waals surface area contributed by atoms with Crippen molar-refractivity contribution in [3.63, 3.8) is 0 Å². The number of nitrogens with one attached hydrogen (secondary N) is 2. The van der Waals surface area contributed by atoms with Crippen LogP contribution < -0.4 is 10.6 Å². The Hall–Kier alpha value is -0.380. The molecule has 2 amide bonds. The van der Waals surface area contributed by atoms with Crippen molar-refractivity contribution in [1.82, 2.24) is 10.6 Å². The van der Waals surface area contributed by atoms with E-state index >= 15 is 0 Å². The summed E-state index contributed by atoms with van der Waals surface area (Å²) in [5.41, 5.74) is 0. The van der Waals surface area contributed by atoms with Crippen LogP contribution in [0.4, 0.5) is 4.79 Å². The molecule has 0 unspecified atom stereocenters. The highest BCUT2D eigenvalue weighted by Gasteiger charge is 2.01. The van der Waals surface area contributed by atoms with Crippen molar-refractivity contribution in [2.24, 2.45) is 0 Å². The van der Waals surface area contributed by atoms with E-state index in [0.29, 0.717) is 0 Å². The Morgan fingerprint density at radius 2 is 1.78 bits per heavy atom. The lowest BCUT2D eigenvalue weighted by molar-refractivity contribution is 0.242. The van der Waals surface area contributed by atoms with Gasteiger partial charge in [0.2, 0.25) is 0 Å². The Morgan fingerprint density at radius 3 is 2.33 bits per heavy atom. The lowest BCUT2D eigenvalue weighted by Gasteiger charge is -2.10. The number of rotatable bonds is 0. The highest BCUT2D eigenvalue weighted by molar-refractivity contribution is 7.99. The third-order valence-corrected chi connectivity index (χ3v) is 2.05. The minimum atomic E-state index is -0.0321. The van der Waals surface area contributed by atoms with E-state index in [4.69, 9.17) is 0 Å². The van der Waals surface area contributed by atoms with Crippen LogP contribution >= 0.6 is 11.8 Å². The standard InChI is InChI=1S/C5H10N2OS/c8-5-6-1-3-9-4-2-7-5/h1-4H2,(H2,6,7,8). The summed E-state index contributed by atoms with van der Waals surface area (Å²) in [6.07, 6.45) is 0. The molecular formula is C5H10N2OS. The maximum Gasteiger partial charge on any atom is 0.314 e. The molecule has 0 aromatic rings. The van der Waals surface area contributed by atoms with Crippen LogP contribution in [0.3, 0.4) is 0 Å². The van der Waals surface area contributed by atoms with E-state index in [0.717, 1.165) is 24.6 Å². The maximum atomic E-state index is 10.6. The summed E-state index contributed by atoms with van der Waals surface area (Å²) in [6.45, 7) is 1.58. The van der Waals surface area contributed by atoms with E-state index in [1.165, 1.54) is 0 Å². The average molecular weight is 146 g/mol. The molecule has 0 spiro atoms. The van der Waals surface area contributed by atoms with Crippen LogP contribution in [0, 0.1) is 0 Å². The number of thioether (sulfide) groups is 1. The van der Waals surface area contributed by atoms with Gasteiger partial charge in [0, 0.05) is 24.6 Å². The van der Waals surface area contributed by atoms with Crippen LogP contribution in [0.15, 0.2) is 0 Å². The third-order valence-electron chi connectivity index (χ3n) is 1.06. The van der Waals surface area contributed by atoms with E-state index in [1.807, 2.05) is 11.8 Å². The van der Waals surface area contributed by atoms with Crippen LogP contribution in [0.2, 0.25) is 0 Å². The minimum absolute atomic E-state index is 0.0321. The largest absolute Gasteiger partial charge is 0.337 e. The normalized spacial score (nSPS) is 21.1. The first kappa shape index (κ1) is 6.74. The van der Waals surface area contributed by atoms with Gasteiger partial charge in [-0.3, -0.25) is 0 Å². The SMILES string of the molecule is O=C1NCCSCCN1. The van der Waals surface area contributed by atoms with Crippen LogP contribution in [0.25, 0.3) is 0 Å². The molecule has 0 aliphatic carbocycles. The number of urea groups is 1. The van der Waals surface area contributed by atoms with Gasteiger partial charge in [-0.2, -0.15) is 11.8 Å². The molecule has 0 atom stereocenters. The zero-order valence-corrected chi connectivity index (χ0v) is 5.96. The molecule has 1 heterocycles. The van der Waals surface area contributed by atoms with Crippen LogP contribution in [-0.2, 0) is 0 Å². The highest BCUT2D eigenvalue weighted by Crippen LogP contribution is 1.97. The van der Waals surface area contributed by atoms with Crippen molar-refractivity contribution in [2.45, 2.75) is 0 Å². The number of hydrogen-bond acceptors (Lipinski definition) is 2. The van der Waals surface area contributed by atoms with Gasteiger partial charge in [0.1, 0.15) is 0 Å². The van der Waals surface area contributed by atoms with Gasteiger partial charge in [0.05, 0.1) is 0 Å². The summed E-state index contributed by atoms with van der Waals surface area (Å²) in [5, 5.41) is 5.43. The Labute approximate surface area is 58.6 Å². The molecule has 52 valence electrons. The summed E-state index contributed by atoms with van der Waals surface area (Å²) >= 11 is 1.85. The number of carbonyl (C=O) groups excluding carboxylic acids is 1. The Kier molecular flexibility index (Phi) is 2.70. The van der Waals surface area contributed by atoms with Crippen molar-refractivity contribution < 1.29 is 4.79 Å². The third kappa shape index (κ3) is 2.60. The van der Waals surface area contributed by atoms with E-state index in [1.54, 1.807) is 0 Å². The highest BCUT2D eigenvalue weighted by atomic mass is 32.2. The summed E-state index contributed by atoms with van der Waals surface area (Å²) in [5.74, 6) is 2.07. The fourth-order valence-corrected chi connectivity index (χ4v) is 1.33. The van der Waals surface area contributed by atoms with Gasteiger partial charge in [-0.25, -0.2) is 4.79 Å².